The zero-order chi connectivity index (χ0) is 24.4. The van der Waals surface area contributed by atoms with Gasteiger partial charge in [0, 0.05) is 29.2 Å². The van der Waals surface area contributed by atoms with Gasteiger partial charge >= 0.3 is 5.69 Å². The van der Waals surface area contributed by atoms with Gasteiger partial charge in [0.15, 0.2) is 5.82 Å². The smallest absolute Gasteiger partial charge is 0.290 e. The first-order chi connectivity index (χ1) is 17.1. The van der Waals surface area contributed by atoms with Crippen molar-refractivity contribution in [3.05, 3.63) is 99.7 Å². The van der Waals surface area contributed by atoms with Gasteiger partial charge in [0.05, 0.1) is 17.3 Å². The molecule has 0 spiro atoms. The molecule has 2 aromatic carbocycles. The molecular formula is C25H21ClFN7O. The van der Waals surface area contributed by atoms with E-state index in [1.54, 1.807) is 23.0 Å². The first-order valence-electron chi connectivity index (χ1n) is 11.1. The zero-order valence-electron chi connectivity index (χ0n) is 18.8. The fourth-order valence-corrected chi connectivity index (χ4v) is 4.34. The second-order valence-corrected chi connectivity index (χ2v) is 8.42. The van der Waals surface area contributed by atoms with Crippen LogP contribution >= 0.6 is 11.6 Å². The number of aromatic nitrogens is 7. The summed E-state index contributed by atoms with van der Waals surface area (Å²) in [7, 11) is 0. The van der Waals surface area contributed by atoms with E-state index in [0.29, 0.717) is 17.9 Å². The van der Waals surface area contributed by atoms with Crippen molar-refractivity contribution in [2.24, 2.45) is 0 Å². The largest absolute Gasteiger partial charge is 0.333 e. The summed E-state index contributed by atoms with van der Waals surface area (Å²) in [6.45, 7) is 2.28. The number of para-hydroxylation sites is 1. The van der Waals surface area contributed by atoms with Crippen LogP contribution in [0.15, 0.2) is 71.8 Å². The average molecular weight is 490 g/mol. The van der Waals surface area contributed by atoms with Crippen LogP contribution in [0.3, 0.4) is 0 Å². The minimum Gasteiger partial charge on any atom is -0.290 e. The highest BCUT2D eigenvalue weighted by Gasteiger charge is 2.18. The highest BCUT2D eigenvalue weighted by Crippen LogP contribution is 2.29. The Balaban J connectivity index is 1.49. The molecule has 0 unspecified atom stereocenters. The van der Waals surface area contributed by atoms with E-state index >= 15 is 0 Å². The Morgan fingerprint density at radius 3 is 2.57 bits per heavy atom. The van der Waals surface area contributed by atoms with Crippen molar-refractivity contribution in [3.63, 3.8) is 0 Å². The molecule has 8 nitrogen and oxygen atoms in total. The molecule has 1 N–H and O–H groups in total. The molecule has 0 aliphatic heterocycles. The molecule has 0 atom stereocenters. The molecule has 176 valence electrons. The molecular weight excluding hydrogens is 469 g/mol. The molecule has 0 bridgehead atoms. The lowest BCUT2D eigenvalue weighted by atomic mass is 10.0. The number of rotatable bonds is 7. The lowest BCUT2D eigenvalue weighted by Crippen LogP contribution is -2.25. The number of nitrogens with one attached hydrogen (secondary N) is 1. The summed E-state index contributed by atoms with van der Waals surface area (Å²) in [6, 6.07) is 15.9. The molecule has 35 heavy (non-hydrogen) atoms. The number of imidazole rings is 1. The van der Waals surface area contributed by atoms with Gasteiger partial charge in [-0.05, 0) is 40.6 Å². The second kappa shape index (κ2) is 9.63. The van der Waals surface area contributed by atoms with E-state index in [1.807, 2.05) is 43.3 Å². The lowest BCUT2D eigenvalue weighted by molar-refractivity contribution is 0.612. The SMILES string of the molecule is CCCc1cn(-c2c(F)cccc2Cl)c(=O)n1Cc1ccc(-c2ccccc2-c2nnn[nH]2)cn1. The van der Waals surface area contributed by atoms with Gasteiger partial charge in [0.1, 0.15) is 11.5 Å². The second-order valence-electron chi connectivity index (χ2n) is 8.01. The van der Waals surface area contributed by atoms with E-state index in [1.165, 1.54) is 16.7 Å². The minimum atomic E-state index is -0.553. The summed E-state index contributed by atoms with van der Waals surface area (Å²) in [6.07, 6.45) is 4.90. The molecule has 0 saturated carbocycles. The Labute approximate surface area is 205 Å². The van der Waals surface area contributed by atoms with Crippen LogP contribution in [0, 0.1) is 5.82 Å². The molecule has 0 amide bonds. The summed E-state index contributed by atoms with van der Waals surface area (Å²) in [4.78, 5) is 17.9. The molecule has 5 aromatic rings. The molecule has 3 heterocycles. The number of pyridine rings is 1. The van der Waals surface area contributed by atoms with E-state index in [2.05, 4.69) is 25.6 Å². The summed E-state index contributed by atoms with van der Waals surface area (Å²) >= 11 is 6.22. The van der Waals surface area contributed by atoms with Gasteiger partial charge in [-0.1, -0.05) is 61.3 Å². The van der Waals surface area contributed by atoms with Gasteiger partial charge in [-0.25, -0.2) is 14.3 Å². The van der Waals surface area contributed by atoms with Gasteiger partial charge in [-0.15, -0.1) is 5.10 Å². The van der Waals surface area contributed by atoms with Crippen LogP contribution in [-0.4, -0.2) is 34.7 Å². The van der Waals surface area contributed by atoms with Crippen molar-refractivity contribution in [2.45, 2.75) is 26.3 Å². The molecule has 5 rings (SSSR count). The number of tetrazole rings is 1. The monoisotopic (exact) mass is 489 g/mol. The maximum absolute atomic E-state index is 14.5. The van der Waals surface area contributed by atoms with Gasteiger partial charge in [-0.3, -0.25) is 14.1 Å². The van der Waals surface area contributed by atoms with Gasteiger partial charge in [0.2, 0.25) is 0 Å². The summed E-state index contributed by atoms with van der Waals surface area (Å²) in [5, 5.41) is 14.3. The van der Waals surface area contributed by atoms with Crippen molar-refractivity contribution in [2.75, 3.05) is 0 Å². The van der Waals surface area contributed by atoms with Crippen LogP contribution in [0.2, 0.25) is 5.02 Å². The van der Waals surface area contributed by atoms with Crippen LogP contribution in [0.1, 0.15) is 24.7 Å². The topological polar surface area (TPSA) is 94.3 Å². The third-order valence-corrected chi connectivity index (χ3v) is 6.03. The lowest BCUT2D eigenvalue weighted by Gasteiger charge is -2.09. The van der Waals surface area contributed by atoms with E-state index in [-0.39, 0.29) is 22.9 Å². The summed E-state index contributed by atoms with van der Waals surface area (Å²) < 4.78 is 17.4. The molecule has 0 aliphatic carbocycles. The number of aromatic amines is 1. The van der Waals surface area contributed by atoms with Crippen LogP contribution in [0.25, 0.3) is 28.2 Å². The van der Waals surface area contributed by atoms with Crippen LogP contribution in [-0.2, 0) is 13.0 Å². The normalized spacial score (nSPS) is 11.2. The fraction of sp³-hybridized carbons (Fsp3) is 0.160. The third kappa shape index (κ3) is 4.38. The van der Waals surface area contributed by atoms with Crippen molar-refractivity contribution in [1.82, 2.24) is 34.7 Å². The fourth-order valence-electron chi connectivity index (χ4n) is 4.08. The molecule has 0 radical (unpaired) electrons. The zero-order valence-corrected chi connectivity index (χ0v) is 19.6. The summed E-state index contributed by atoms with van der Waals surface area (Å²) in [5.74, 6) is 0.0106. The minimum absolute atomic E-state index is 0.0529. The third-order valence-electron chi connectivity index (χ3n) is 5.73. The molecule has 3 aromatic heterocycles. The number of hydrogen-bond donors (Lipinski definition) is 1. The van der Waals surface area contributed by atoms with Crippen molar-refractivity contribution < 1.29 is 4.39 Å². The predicted octanol–water partition coefficient (Wildman–Crippen LogP) is 4.67. The Hall–Kier alpha value is -4.11. The molecule has 10 heteroatoms. The van der Waals surface area contributed by atoms with Gasteiger partial charge in [0.25, 0.3) is 0 Å². The van der Waals surface area contributed by atoms with Crippen LogP contribution in [0.5, 0.6) is 0 Å². The van der Waals surface area contributed by atoms with Crippen LogP contribution < -0.4 is 5.69 Å². The maximum atomic E-state index is 14.5. The van der Waals surface area contributed by atoms with Gasteiger partial charge < -0.3 is 0 Å². The number of H-pyrrole nitrogens is 1. The number of aryl methyl sites for hydroxylation is 1. The van der Waals surface area contributed by atoms with E-state index in [0.717, 1.165) is 28.8 Å². The Morgan fingerprint density at radius 2 is 1.89 bits per heavy atom. The highest BCUT2D eigenvalue weighted by molar-refractivity contribution is 6.32. The van der Waals surface area contributed by atoms with E-state index in [9.17, 15) is 9.18 Å². The number of halogens is 2. The maximum Gasteiger partial charge on any atom is 0.333 e. The Bertz CT molecular complexity index is 1500. The highest BCUT2D eigenvalue weighted by atomic mass is 35.5. The molecule has 0 saturated heterocycles. The number of hydrogen-bond acceptors (Lipinski definition) is 5. The first kappa shape index (κ1) is 22.7. The quantitative estimate of drug-likeness (QED) is 0.358. The van der Waals surface area contributed by atoms with E-state index in [4.69, 9.17) is 11.6 Å². The summed E-state index contributed by atoms with van der Waals surface area (Å²) in [5.41, 5.74) is 3.83. The standard InChI is InChI=1S/C25H21ClFN7O/c1-2-6-18-15-34(23-21(26)9-5-10-22(23)27)25(35)33(18)14-17-12-11-16(13-28-17)19-7-3-4-8-20(19)24-29-31-32-30-24/h3-5,7-13,15H,2,6,14H2,1H3,(H,29,30,31,32). The number of nitrogens with zero attached hydrogens (tertiary/aromatic N) is 6. The van der Waals surface area contributed by atoms with Crippen molar-refractivity contribution >= 4 is 11.6 Å². The molecule has 0 aliphatic rings. The van der Waals surface area contributed by atoms with Crippen LogP contribution in [0.4, 0.5) is 4.39 Å². The van der Waals surface area contributed by atoms with E-state index < -0.39 is 5.82 Å². The van der Waals surface area contributed by atoms with Crippen molar-refractivity contribution in [1.29, 1.82) is 0 Å². The average Bonchev–Trinajstić information content (AvgIpc) is 3.50. The predicted molar refractivity (Wildman–Crippen MR) is 131 cm³/mol. The van der Waals surface area contributed by atoms with Gasteiger partial charge in [-0.2, -0.15) is 0 Å². The Kier molecular flexibility index (Phi) is 6.24. The first-order valence-corrected chi connectivity index (χ1v) is 11.5. The molecule has 0 fully saturated rings. The van der Waals surface area contributed by atoms with Crippen molar-refractivity contribution in [3.8, 4) is 28.2 Å². The number of benzene rings is 2. The Morgan fingerprint density at radius 1 is 1.06 bits per heavy atom.